The van der Waals surface area contributed by atoms with Crippen LogP contribution in [0, 0.1) is 0 Å². The molecule has 130 valence electrons. The van der Waals surface area contributed by atoms with Gasteiger partial charge in [0.1, 0.15) is 16.6 Å². The fourth-order valence-corrected chi connectivity index (χ4v) is 2.81. The molecule has 0 aliphatic carbocycles. The highest BCUT2D eigenvalue weighted by Gasteiger charge is 2.22. The first-order valence-electron chi connectivity index (χ1n) is 7.02. The normalized spacial score (nSPS) is 12.8. The maximum Gasteiger partial charge on any atom is 0.326 e. The molecule has 0 bridgehead atoms. The number of aromatic amines is 1. The van der Waals surface area contributed by atoms with Gasteiger partial charge < -0.3 is 20.1 Å². The lowest BCUT2D eigenvalue weighted by Gasteiger charge is -2.12. The zero-order valence-corrected chi connectivity index (χ0v) is 13.8. The number of amides is 1. The second kappa shape index (κ2) is 8.65. The molecule has 9 nitrogen and oxygen atoms in total. The highest BCUT2D eigenvalue weighted by atomic mass is 32.2. The molecule has 1 aromatic rings. The van der Waals surface area contributed by atoms with Gasteiger partial charge in [0.25, 0.3) is 5.91 Å². The molecule has 0 aromatic carbocycles. The van der Waals surface area contributed by atoms with Crippen molar-refractivity contribution in [2.24, 2.45) is 0 Å². The van der Waals surface area contributed by atoms with E-state index in [2.05, 4.69) is 15.0 Å². The fraction of sp³-hybridized carbons (Fsp3) is 0.538. The lowest BCUT2D eigenvalue weighted by molar-refractivity contribution is -0.139. The highest BCUT2D eigenvalue weighted by Crippen LogP contribution is 2.11. The lowest BCUT2D eigenvalue weighted by atomic mass is 10.1. The molecule has 4 N–H and O–H groups in total. The van der Waals surface area contributed by atoms with Gasteiger partial charge in [-0.2, -0.15) is 0 Å². The summed E-state index contributed by atoms with van der Waals surface area (Å²) in [5.74, 6) is -1.81. The van der Waals surface area contributed by atoms with Crippen molar-refractivity contribution >= 4 is 21.9 Å². The van der Waals surface area contributed by atoms with Crippen LogP contribution in [0.3, 0.4) is 0 Å². The standard InChI is InChI=1S/C13H21N3O6S/c1-3-4-10(13(18)19)16-12(17)11-7-9(8-14-11)23(20,21)15-5-6-22-2/h7-8,10,14-15H,3-6H2,1-2H3,(H,16,17)(H,18,19). The molecular formula is C13H21N3O6S. The molecule has 10 heteroatoms. The Morgan fingerprint density at radius 2 is 2.13 bits per heavy atom. The van der Waals surface area contributed by atoms with Crippen molar-refractivity contribution in [3.63, 3.8) is 0 Å². The molecule has 0 aliphatic rings. The summed E-state index contributed by atoms with van der Waals surface area (Å²) < 4.78 is 31.0. The van der Waals surface area contributed by atoms with Crippen molar-refractivity contribution in [2.45, 2.75) is 30.7 Å². The zero-order chi connectivity index (χ0) is 17.5. The van der Waals surface area contributed by atoms with Crippen molar-refractivity contribution in [1.82, 2.24) is 15.0 Å². The van der Waals surface area contributed by atoms with E-state index in [-0.39, 0.29) is 30.2 Å². The van der Waals surface area contributed by atoms with Gasteiger partial charge in [-0.05, 0) is 12.5 Å². The predicted octanol–water partition coefficient (Wildman–Crippen LogP) is -0.0775. The summed E-state index contributed by atoms with van der Waals surface area (Å²) in [7, 11) is -2.31. The van der Waals surface area contributed by atoms with Gasteiger partial charge in [-0.25, -0.2) is 17.9 Å². The number of carboxylic acids is 1. The third kappa shape index (κ3) is 5.66. The number of aliphatic carboxylic acids is 1. The first kappa shape index (κ1) is 19.1. The predicted molar refractivity (Wildman–Crippen MR) is 81.7 cm³/mol. The second-order valence-electron chi connectivity index (χ2n) is 4.79. The second-order valence-corrected chi connectivity index (χ2v) is 6.56. The molecule has 0 radical (unpaired) electrons. The molecule has 0 aliphatic heterocycles. The Morgan fingerprint density at radius 1 is 1.43 bits per heavy atom. The maximum absolute atomic E-state index is 12.0. The number of methoxy groups -OCH3 is 1. The van der Waals surface area contributed by atoms with E-state index in [1.165, 1.54) is 13.3 Å². The number of rotatable bonds is 10. The van der Waals surface area contributed by atoms with Crippen molar-refractivity contribution in [2.75, 3.05) is 20.3 Å². The molecule has 1 atom stereocenters. The summed E-state index contributed by atoms with van der Waals surface area (Å²) >= 11 is 0. The van der Waals surface area contributed by atoms with E-state index in [1.807, 2.05) is 0 Å². The van der Waals surface area contributed by atoms with Crippen LogP contribution in [0.25, 0.3) is 0 Å². The molecule has 1 amide bonds. The molecule has 0 saturated heterocycles. The van der Waals surface area contributed by atoms with Crippen molar-refractivity contribution < 1.29 is 27.9 Å². The van der Waals surface area contributed by atoms with Crippen LogP contribution in [0.2, 0.25) is 0 Å². The molecule has 1 unspecified atom stereocenters. The van der Waals surface area contributed by atoms with Gasteiger partial charge in [-0.1, -0.05) is 13.3 Å². The summed E-state index contributed by atoms with van der Waals surface area (Å²) in [6, 6.07) is 0.130. The Hall–Kier alpha value is -1.91. The topological polar surface area (TPSA) is 138 Å². The average Bonchev–Trinajstić information content (AvgIpc) is 2.97. The zero-order valence-electron chi connectivity index (χ0n) is 13.0. The molecule has 0 spiro atoms. The van der Waals surface area contributed by atoms with Crippen LogP contribution in [0.5, 0.6) is 0 Å². The van der Waals surface area contributed by atoms with Gasteiger partial charge in [-0.3, -0.25) is 4.79 Å². The largest absolute Gasteiger partial charge is 0.480 e. The number of nitrogens with one attached hydrogen (secondary N) is 3. The van der Waals surface area contributed by atoms with E-state index in [0.29, 0.717) is 6.42 Å². The molecule has 1 rings (SSSR count). The van der Waals surface area contributed by atoms with Crippen molar-refractivity contribution in [3.05, 3.63) is 18.0 Å². The third-order valence-electron chi connectivity index (χ3n) is 2.99. The van der Waals surface area contributed by atoms with Crippen LogP contribution in [-0.2, 0) is 19.6 Å². The van der Waals surface area contributed by atoms with Crippen LogP contribution in [0.1, 0.15) is 30.3 Å². The smallest absolute Gasteiger partial charge is 0.326 e. The van der Waals surface area contributed by atoms with Gasteiger partial charge in [0, 0.05) is 19.9 Å². The van der Waals surface area contributed by atoms with Crippen molar-refractivity contribution in [3.8, 4) is 0 Å². The Bertz CT molecular complexity index is 640. The average molecular weight is 347 g/mol. The fourth-order valence-electron chi connectivity index (χ4n) is 1.80. The number of H-pyrrole nitrogens is 1. The number of carbonyl (C=O) groups is 2. The molecule has 1 heterocycles. The minimum Gasteiger partial charge on any atom is -0.480 e. The molecule has 0 fully saturated rings. The number of hydrogen-bond donors (Lipinski definition) is 4. The van der Waals surface area contributed by atoms with Crippen LogP contribution >= 0.6 is 0 Å². The van der Waals surface area contributed by atoms with Crippen LogP contribution in [0.15, 0.2) is 17.2 Å². The molecule has 1 aromatic heterocycles. The van der Waals surface area contributed by atoms with E-state index in [4.69, 9.17) is 9.84 Å². The number of aromatic nitrogens is 1. The van der Waals surface area contributed by atoms with E-state index in [0.717, 1.165) is 6.07 Å². The van der Waals surface area contributed by atoms with E-state index in [1.54, 1.807) is 6.92 Å². The highest BCUT2D eigenvalue weighted by molar-refractivity contribution is 7.89. The number of sulfonamides is 1. The summed E-state index contributed by atoms with van der Waals surface area (Å²) in [6.45, 7) is 2.12. The van der Waals surface area contributed by atoms with Crippen molar-refractivity contribution in [1.29, 1.82) is 0 Å². The molecule has 23 heavy (non-hydrogen) atoms. The SMILES string of the molecule is CCCC(NC(=O)c1cc(S(=O)(=O)NCCOC)c[nH]1)C(=O)O. The third-order valence-corrected chi connectivity index (χ3v) is 4.43. The van der Waals surface area contributed by atoms with Gasteiger partial charge >= 0.3 is 5.97 Å². The maximum atomic E-state index is 12.0. The minimum atomic E-state index is -3.76. The number of carboxylic acid groups (broad SMARTS) is 1. The Labute approximate surface area is 134 Å². The molecular weight excluding hydrogens is 326 g/mol. The number of carbonyl (C=O) groups excluding carboxylic acids is 1. The van der Waals surface area contributed by atoms with Gasteiger partial charge in [0.05, 0.1) is 6.61 Å². The van der Waals surface area contributed by atoms with E-state index in [9.17, 15) is 18.0 Å². The van der Waals surface area contributed by atoms with Gasteiger partial charge in [0.2, 0.25) is 10.0 Å². The Morgan fingerprint density at radius 3 is 2.70 bits per heavy atom. The van der Waals surface area contributed by atoms with Gasteiger partial charge in [0.15, 0.2) is 0 Å². The number of hydrogen-bond acceptors (Lipinski definition) is 5. The van der Waals surface area contributed by atoms with E-state index >= 15 is 0 Å². The first-order chi connectivity index (χ1) is 10.8. The number of ether oxygens (including phenoxy) is 1. The summed E-state index contributed by atoms with van der Waals surface area (Å²) in [6.07, 6.45) is 2.04. The van der Waals surface area contributed by atoms with Gasteiger partial charge in [-0.15, -0.1) is 0 Å². The van der Waals surface area contributed by atoms with E-state index < -0.39 is 27.9 Å². The first-order valence-corrected chi connectivity index (χ1v) is 8.50. The quantitative estimate of drug-likeness (QED) is 0.437. The molecule has 0 saturated carbocycles. The minimum absolute atomic E-state index is 0.0283. The van der Waals surface area contributed by atoms with Crippen LogP contribution < -0.4 is 10.0 Å². The summed E-state index contributed by atoms with van der Waals surface area (Å²) in [5.41, 5.74) is -0.0283. The Balaban J connectivity index is 2.78. The van der Waals surface area contributed by atoms with Crippen LogP contribution in [-0.4, -0.2) is 56.7 Å². The summed E-state index contributed by atoms with van der Waals surface area (Å²) in [5, 5.41) is 11.4. The monoisotopic (exact) mass is 347 g/mol. The summed E-state index contributed by atoms with van der Waals surface area (Å²) in [4.78, 5) is 25.4. The van der Waals surface area contributed by atoms with Crippen LogP contribution in [0.4, 0.5) is 0 Å². The lowest BCUT2D eigenvalue weighted by Crippen LogP contribution is -2.40. The Kier molecular flexibility index (Phi) is 7.20.